The van der Waals surface area contributed by atoms with Crippen molar-refractivity contribution in [2.75, 3.05) is 17.6 Å². The Morgan fingerprint density at radius 3 is 2.83 bits per heavy atom. The minimum absolute atomic E-state index is 0.472. The van der Waals surface area contributed by atoms with Crippen molar-refractivity contribution in [3.8, 4) is 0 Å². The van der Waals surface area contributed by atoms with Gasteiger partial charge in [0.2, 0.25) is 0 Å². The quantitative estimate of drug-likeness (QED) is 0.542. The number of hydrogen-bond acceptors (Lipinski definition) is 3. The third kappa shape index (κ3) is 3.17. The molecule has 1 unspecified atom stereocenters. The zero-order chi connectivity index (χ0) is 16.4. The molecule has 0 spiro atoms. The minimum atomic E-state index is -0.472. The van der Waals surface area contributed by atoms with Crippen LogP contribution in [0.5, 0.6) is 0 Å². The van der Waals surface area contributed by atoms with Crippen molar-refractivity contribution in [3.63, 3.8) is 0 Å². The summed E-state index contributed by atoms with van der Waals surface area (Å²) >= 11 is 0. The number of aliphatic hydroxyl groups excluding tert-OH is 1. The van der Waals surface area contributed by atoms with Crippen molar-refractivity contribution >= 4 is 22.3 Å². The molecule has 0 saturated carbocycles. The Morgan fingerprint density at radius 2 is 2.09 bits per heavy atom. The lowest BCUT2D eigenvalue weighted by atomic mass is 10.0. The van der Waals surface area contributed by atoms with Crippen LogP contribution in [-0.2, 0) is 6.42 Å². The molecule has 5 N–H and O–H groups in total. The van der Waals surface area contributed by atoms with Crippen LogP contribution in [0.25, 0.3) is 10.9 Å². The zero-order valence-corrected chi connectivity index (χ0v) is 13.6. The molecule has 3 aromatic rings. The predicted octanol–water partition coefficient (Wildman–Crippen LogP) is 3.77. The first-order valence-electron chi connectivity index (χ1n) is 7.93. The first-order valence-corrected chi connectivity index (χ1v) is 7.93. The number of hydrogen-bond donors (Lipinski definition) is 4. The molecule has 0 aliphatic heterocycles. The maximum Gasteiger partial charge on any atom is 0.0782 e. The lowest BCUT2D eigenvalue weighted by Gasteiger charge is -2.10. The van der Waals surface area contributed by atoms with Crippen LogP contribution in [0.1, 0.15) is 29.7 Å². The van der Waals surface area contributed by atoms with Gasteiger partial charge in [0.15, 0.2) is 0 Å². The number of H-pyrrole nitrogens is 1. The fourth-order valence-corrected chi connectivity index (χ4v) is 3.01. The van der Waals surface area contributed by atoms with Crippen molar-refractivity contribution < 1.29 is 5.11 Å². The molecule has 23 heavy (non-hydrogen) atoms. The molecular formula is C19H23N3O. The highest BCUT2D eigenvalue weighted by Gasteiger charge is 2.10. The van der Waals surface area contributed by atoms with Gasteiger partial charge in [-0.2, -0.15) is 0 Å². The van der Waals surface area contributed by atoms with E-state index in [1.54, 1.807) is 6.92 Å². The molecule has 4 heteroatoms. The predicted molar refractivity (Wildman–Crippen MR) is 96.7 cm³/mol. The standard InChI is InChI=1S/C19H23N3O/c1-12-10-15(20)6-7-18(12)21-9-8-14-11-22-19-16(13(2)23)4-3-5-17(14)19/h3-7,10-11,13,21-23H,8-9,20H2,1-2H3. The maximum absolute atomic E-state index is 9.87. The van der Waals surface area contributed by atoms with Gasteiger partial charge in [0.25, 0.3) is 0 Å². The number of aromatic nitrogens is 1. The molecule has 4 nitrogen and oxygen atoms in total. The minimum Gasteiger partial charge on any atom is -0.399 e. The van der Waals surface area contributed by atoms with Gasteiger partial charge < -0.3 is 21.1 Å². The van der Waals surface area contributed by atoms with E-state index in [-0.39, 0.29) is 0 Å². The highest BCUT2D eigenvalue weighted by atomic mass is 16.3. The van der Waals surface area contributed by atoms with Crippen LogP contribution in [0, 0.1) is 6.92 Å². The van der Waals surface area contributed by atoms with Gasteiger partial charge in [-0.05, 0) is 49.6 Å². The first-order chi connectivity index (χ1) is 11.1. The van der Waals surface area contributed by atoms with E-state index in [9.17, 15) is 5.11 Å². The van der Waals surface area contributed by atoms with Gasteiger partial charge in [0.1, 0.15) is 0 Å². The highest BCUT2D eigenvalue weighted by Crippen LogP contribution is 2.26. The molecule has 0 fully saturated rings. The van der Waals surface area contributed by atoms with Gasteiger partial charge in [0, 0.05) is 35.1 Å². The van der Waals surface area contributed by atoms with Crippen LogP contribution < -0.4 is 11.1 Å². The van der Waals surface area contributed by atoms with Crippen molar-refractivity contribution in [1.82, 2.24) is 4.98 Å². The van der Waals surface area contributed by atoms with E-state index in [0.717, 1.165) is 41.0 Å². The second-order valence-electron chi connectivity index (χ2n) is 6.01. The third-order valence-corrected chi connectivity index (χ3v) is 4.24. The number of fused-ring (bicyclic) bond motifs is 1. The smallest absolute Gasteiger partial charge is 0.0782 e. The summed E-state index contributed by atoms with van der Waals surface area (Å²) in [6.07, 6.45) is 2.47. The summed E-state index contributed by atoms with van der Waals surface area (Å²) in [6.45, 7) is 4.69. The molecule has 1 atom stereocenters. The summed E-state index contributed by atoms with van der Waals surface area (Å²) in [5, 5.41) is 14.5. The van der Waals surface area contributed by atoms with Crippen molar-refractivity contribution in [1.29, 1.82) is 0 Å². The number of nitrogens with one attached hydrogen (secondary N) is 2. The van der Waals surface area contributed by atoms with E-state index in [1.165, 1.54) is 10.9 Å². The number of anilines is 2. The van der Waals surface area contributed by atoms with Crippen molar-refractivity contribution in [2.24, 2.45) is 0 Å². The second kappa shape index (κ2) is 6.34. The molecule has 0 aliphatic rings. The average molecular weight is 309 g/mol. The number of benzene rings is 2. The summed E-state index contributed by atoms with van der Waals surface area (Å²) < 4.78 is 0. The Bertz CT molecular complexity index is 821. The van der Waals surface area contributed by atoms with Gasteiger partial charge in [-0.1, -0.05) is 18.2 Å². The molecule has 0 aliphatic carbocycles. The molecular weight excluding hydrogens is 286 g/mol. The fourth-order valence-electron chi connectivity index (χ4n) is 3.01. The van der Waals surface area contributed by atoms with Gasteiger partial charge in [-0.3, -0.25) is 0 Å². The summed E-state index contributed by atoms with van der Waals surface area (Å²) in [7, 11) is 0. The normalized spacial score (nSPS) is 12.5. The highest BCUT2D eigenvalue weighted by molar-refractivity contribution is 5.86. The topological polar surface area (TPSA) is 74.1 Å². The number of aromatic amines is 1. The SMILES string of the molecule is Cc1cc(N)ccc1NCCc1c[nH]c2c(C(C)O)cccc12. The molecule has 120 valence electrons. The number of aryl methyl sites for hydroxylation is 1. The molecule has 0 saturated heterocycles. The van der Waals surface area contributed by atoms with Crippen LogP contribution in [0.15, 0.2) is 42.6 Å². The summed E-state index contributed by atoms with van der Waals surface area (Å²) in [4.78, 5) is 3.30. The van der Waals surface area contributed by atoms with Crippen LogP contribution in [0.2, 0.25) is 0 Å². The molecule has 1 aromatic heterocycles. The monoisotopic (exact) mass is 309 g/mol. The number of aliphatic hydroxyl groups is 1. The maximum atomic E-state index is 9.87. The molecule has 1 heterocycles. The van der Waals surface area contributed by atoms with Crippen molar-refractivity contribution in [2.45, 2.75) is 26.4 Å². The number of nitrogen functional groups attached to an aromatic ring is 1. The van der Waals surface area contributed by atoms with E-state index in [1.807, 2.05) is 36.5 Å². The number of para-hydroxylation sites is 1. The molecule has 0 radical (unpaired) electrons. The Balaban J connectivity index is 1.74. The average Bonchev–Trinajstić information content (AvgIpc) is 2.92. The summed E-state index contributed by atoms with van der Waals surface area (Å²) in [6, 6.07) is 12.0. The number of nitrogens with two attached hydrogens (primary N) is 1. The Morgan fingerprint density at radius 1 is 1.26 bits per heavy atom. The van der Waals surface area contributed by atoms with Gasteiger partial charge in [-0.25, -0.2) is 0 Å². The number of rotatable bonds is 5. The summed E-state index contributed by atoms with van der Waals surface area (Å²) in [5.41, 5.74) is 12.1. The Hall–Kier alpha value is -2.46. The fraction of sp³-hybridized carbons (Fsp3) is 0.263. The Labute approximate surface area is 136 Å². The second-order valence-corrected chi connectivity index (χ2v) is 6.01. The molecule has 0 bridgehead atoms. The van der Waals surface area contributed by atoms with Crippen LogP contribution in [-0.4, -0.2) is 16.6 Å². The van der Waals surface area contributed by atoms with E-state index in [0.29, 0.717) is 0 Å². The largest absolute Gasteiger partial charge is 0.399 e. The third-order valence-electron chi connectivity index (χ3n) is 4.24. The van der Waals surface area contributed by atoms with Crippen LogP contribution >= 0.6 is 0 Å². The van der Waals surface area contributed by atoms with Crippen LogP contribution in [0.4, 0.5) is 11.4 Å². The summed E-state index contributed by atoms with van der Waals surface area (Å²) in [5.74, 6) is 0. The van der Waals surface area contributed by atoms with E-state index < -0.39 is 6.10 Å². The van der Waals surface area contributed by atoms with E-state index in [2.05, 4.69) is 23.3 Å². The lowest BCUT2D eigenvalue weighted by Crippen LogP contribution is -2.06. The Kier molecular flexibility index (Phi) is 4.26. The lowest BCUT2D eigenvalue weighted by molar-refractivity contribution is 0.200. The van der Waals surface area contributed by atoms with Gasteiger partial charge in [0.05, 0.1) is 11.6 Å². The molecule has 0 amide bonds. The first kappa shape index (κ1) is 15.4. The van der Waals surface area contributed by atoms with Gasteiger partial charge >= 0.3 is 0 Å². The van der Waals surface area contributed by atoms with Gasteiger partial charge in [-0.15, -0.1) is 0 Å². The van der Waals surface area contributed by atoms with Crippen LogP contribution in [0.3, 0.4) is 0 Å². The zero-order valence-electron chi connectivity index (χ0n) is 13.6. The van der Waals surface area contributed by atoms with E-state index >= 15 is 0 Å². The van der Waals surface area contributed by atoms with E-state index in [4.69, 9.17) is 5.73 Å². The molecule has 3 rings (SSSR count). The molecule has 2 aromatic carbocycles. The van der Waals surface area contributed by atoms with Crippen molar-refractivity contribution in [3.05, 3.63) is 59.3 Å².